The van der Waals surface area contributed by atoms with Crippen molar-refractivity contribution < 1.29 is 18.8 Å². The molecule has 0 bridgehead atoms. The fourth-order valence-electron chi connectivity index (χ4n) is 3.82. The van der Waals surface area contributed by atoms with Gasteiger partial charge in [-0.05, 0) is 49.1 Å². The number of rotatable bonds is 10. The summed E-state index contributed by atoms with van der Waals surface area (Å²) in [5, 5.41) is -0.331. The van der Waals surface area contributed by atoms with Crippen molar-refractivity contribution in [3.63, 3.8) is 0 Å². The average Bonchev–Trinajstić information content (AvgIpc) is 2.81. The number of piperidine rings is 1. The summed E-state index contributed by atoms with van der Waals surface area (Å²) in [5.74, 6) is -1.24. The molecule has 2 atom stereocenters. The Morgan fingerprint density at radius 1 is 1.06 bits per heavy atom. The Kier molecular flexibility index (Phi) is 8.79. The molecule has 1 aromatic heterocycles. The molecule has 2 amide bonds. The summed E-state index contributed by atoms with van der Waals surface area (Å²) in [7, 11) is 0. The number of nitrogens with two attached hydrogens (primary N) is 1. The van der Waals surface area contributed by atoms with Crippen LogP contribution in [0.15, 0.2) is 48.8 Å². The third kappa shape index (κ3) is 6.88. The lowest BCUT2D eigenvalue weighted by atomic mass is 9.96. The van der Waals surface area contributed by atoms with Crippen molar-refractivity contribution in [1.82, 2.24) is 9.88 Å². The summed E-state index contributed by atoms with van der Waals surface area (Å²) < 4.78 is 13.3. The average molecular weight is 458 g/mol. The molecule has 2 N–H and O–H groups in total. The highest BCUT2D eigenvalue weighted by molar-refractivity contribution is 7.99. The van der Waals surface area contributed by atoms with Gasteiger partial charge in [0.2, 0.25) is 11.8 Å². The molecule has 8 heteroatoms. The Morgan fingerprint density at radius 3 is 2.41 bits per heavy atom. The first-order valence-electron chi connectivity index (χ1n) is 10.8. The Balaban J connectivity index is 1.76. The van der Waals surface area contributed by atoms with Crippen molar-refractivity contribution in [3.05, 3.63) is 65.7 Å². The summed E-state index contributed by atoms with van der Waals surface area (Å²) in [6.45, 7) is 1.44. The fraction of sp³-hybridized carbons (Fsp3) is 0.417. The van der Waals surface area contributed by atoms with Crippen LogP contribution in [-0.4, -0.2) is 46.3 Å². The first-order valence-corrected chi connectivity index (χ1v) is 11.9. The van der Waals surface area contributed by atoms with Crippen LogP contribution in [0.1, 0.15) is 53.3 Å². The highest BCUT2D eigenvalue weighted by Crippen LogP contribution is 2.35. The number of halogens is 1. The van der Waals surface area contributed by atoms with E-state index < -0.39 is 11.8 Å². The van der Waals surface area contributed by atoms with Crippen LogP contribution in [0.5, 0.6) is 0 Å². The van der Waals surface area contributed by atoms with E-state index in [1.807, 2.05) is 4.90 Å². The van der Waals surface area contributed by atoms with Crippen LogP contribution in [-0.2, 0) is 9.59 Å². The molecule has 1 aliphatic heterocycles. The van der Waals surface area contributed by atoms with Crippen LogP contribution in [0.3, 0.4) is 0 Å². The maximum absolute atomic E-state index is 13.3. The molecule has 1 saturated heterocycles. The van der Waals surface area contributed by atoms with Gasteiger partial charge < -0.3 is 10.6 Å². The van der Waals surface area contributed by atoms with Gasteiger partial charge in [0.25, 0.3) is 0 Å². The number of aromatic nitrogens is 1. The number of benzene rings is 1. The van der Waals surface area contributed by atoms with Gasteiger partial charge >= 0.3 is 0 Å². The lowest BCUT2D eigenvalue weighted by Gasteiger charge is -2.28. The van der Waals surface area contributed by atoms with Crippen molar-refractivity contribution in [3.8, 4) is 0 Å². The summed E-state index contributed by atoms with van der Waals surface area (Å²) >= 11 is 1.39. The minimum atomic E-state index is -0.561. The maximum atomic E-state index is 13.3. The summed E-state index contributed by atoms with van der Waals surface area (Å²) in [6.07, 6.45) is 6.34. The molecule has 0 spiro atoms. The predicted molar refractivity (Wildman–Crippen MR) is 123 cm³/mol. The Hall–Kier alpha value is -2.74. The minimum absolute atomic E-state index is 0.0271. The number of ketones is 1. The van der Waals surface area contributed by atoms with Gasteiger partial charge in [-0.2, -0.15) is 11.8 Å². The number of pyridine rings is 1. The molecule has 6 nitrogen and oxygen atoms in total. The fourth-order valence-corrected chi connectivity index (χ4v) is 5.19. The molecule has 170 valence electrons. The molecule has 0 saturated carbocycles. The number of carbonyl (C=O) groups is 3. The molecule has 1 aliphatic rings. The largest absolute Gasteiger partial charge is 0.370 e. The molecule has 2 heterocycles. The summed E-state index contributed by atoms with van der Waals surface area (Å²) in [6, 6.07) is 9.29. The lowest BCUT2D eigenvalue weighted by Crippen LogP contribution is -2.38. The van der Waals surface area contributed by atoms with Crippen molar-refractivity contribution in [1.29, 1.82) is 0 Å². The molecule has 2 aromatic rings. The second kappa shape index (κ2) is 11.8. The predicted octanol–water partition coefficient (Wildman–Crippen LogP) is 3.77. The molecule has 3 rings (SSSR count). The quantitative estimate of drug-likeness (QED) is 0.548. The monoisotopic (exact) mass is 457 g/mol. The standard InChI is InChI=1S/C24H28FN3O3S/c25-20-8-6-17(7-9-20)21(14-22(26)29)32-16-19(24(31)18-5-4-10-27-15-18)13-23(30)28-11-2-1-3-12-28/h4-10,15,19,21H,1-3,11-14,16H2,(H2,26,29). The van der Waals surface area contributed by atoms with Gasteiger partial charge in [0, 0.05) is 60.8 Å². The topological polar surface area (TPSA) is 93.4 Å². The number of carbonyl (C=O) groups excluding carboxylic acids is 3. The maximum Gasteiger partial charge on any atom is 0.223 e. The molecule has 0 radical (unpaired) electrons. The summed E-state index contributed by atoms with van der Waals surface area (Å²) in [5.41, 5.74) is 6.64. The van der Waals surface area contributed by atoms with Gasteiger partial charge in [0.15, 0.2) is 5.78 Å². The van der Waals surface area contributed by atoms with E-state index in [1.54, 1.807) is 30.5 Å². The van der Waals surface area contributed by atoms with Crippen LogP contribution in [0.4, 0.5) is 4.39 Å². The number of likely N-dealkylation sites (tertiary alicyclic amines) is 1. The number of thioether (sulfide) groups is 1. The van der Waals surface area contributed by atoms with E-state index in [9.17, 15) is 18.8 Å². The van der Waals surface area contributed by atoms with Gasteiger partial charge in [-0.1, -0.05) is 12.1 Å². The molecule has 0 aliphatic carbocycles. The molecular formula is C24H28FN3O3S. The Morgan fingerprint density at radius 2 is 1.78 bits per heavy atom. The Labute approximate surface area is 191 Å². The first-order chi connectivity index (χ1) is 15.4. The van der Waals surface area contributed by atoms with E-state index in [4.69, 9.17) is 5.73 Å². The molecule has 1 aromatic carbocycles. The van der Waals surface area contributed by atoms with Crippen LogP contribution >= 0.6 is 11.8 Å². The first kappa shape index (κ1) is 23.9. The molecule has 32 heavy (non-hydrogen) atoms. The van der Waals surface area contributed by atoms with Gasteiger partial charge in [-0.15, -0.1) is 0 Å². The third-order valence-electron chi connectivity index (χ3n) is 5.57. The second-order valence-electron chi connectivity index (χ2n) is 7.99. The van der Waals surface area contributed by atoms with E-state index in [0.29, 0.717) is 11.3 Å². The zero-order valence-corrected chi connectivity index (χ0v) is 18.7. The zero-order chi connectivity index (χ0) is 22.9. The van der Waals surface area contributed by atoms with Crippen LogP contribution in [0.25, 0.3) is 0 Å². The number of hydrogen-bond donors (Lipinski definition) is 1. The molecule has 2 unspecified atom stereocenters. The zero-order valence-electron chi connectivity index (χ0n) is 17.9. The number of amides is 2. The number of nitrogens with zero attached hydrogens (tertiary/aromatic N) is 2. The van der Waals surface area contributed by atoms with Gasteiger partial charge in [0.1, 0.15) is 5.82 Å². The second-order valence-corrected chi connectivity index (χ2v) is 9.23. The van der Waals surface area contributed by atoms with Crippen molar-refractivity contribution in [2.24, 2.45) is 11.7 Å². The van der Waals surface area contributed by atoms with Gasteiger partial charge in [-0.3, -0.25) is 19.4 Å². The normalized spacial score (nSPS) is 15.7. The number of Topliss-reactive ketones (excluding diaryl/α,β-unsaturated/α-hetero) is 1. The van der Waals surface area contributed by atoms with E-state index in [2.05, 4.69) is 4.98 Å². The summed E-state index contributed by atoms with van der Waals surface area (Å²) in [4.78, 5) is 43.6. The minimum Gasteiger partial charge on any atom is -0.370 e. The van der Waals surface area contributed by atoms with E-state index in [0.717, 1.165) is 37.9 Å². The molecule has 1 fully saturated rings. The lowest BCUT2D eigenvalue weighted by molar-refractivity contribution is -0.132. The highest BCUT2D eigenvalue weighted by Gasteiger charge is 2.28. The van der Waals surface area contributed by atoms with Gasteiger partial charge in [-0.25, -0.2) is 4.39 Å². The highest BCUT2D eigenvalue weighted by atomic mass is 32.2. The molecular weight excluding hydrogens is 429 g/mol. The van der Waals surface area contributed by atoms with Crippen LogP contribution in [0, 0.1) is 11.7 Å². The Bertz CT molecular complexity index is 918. The van der Waals surface area contributed by atoms with Crippen LogP contribution < -0.4 is 5.73 Å². The van der Waals surface area contributed by atoms with Gasteiger partial charge in [0.05, 0.1) is 0 Å². The van der Waals surface area contributed by atoms with E-state index in [1.165, 1.54) is 30.1 Å². The van der Waals surface area contributed by atoms with E-state index >= 15 is 0 Å². The van der Waals surface area contributed by atoms with Crippen molar-refractivity contribution >= 4 is 29.4 Å². The van der Waals surface area contributed by atoms with Crippen molar-refractivity contribution in [2.75, 3.05) is 18.8 Å². The smallest absolute Gasteiger partial charge is 0.223 e. The SMILES string of the molecule is NC(=O)CC(SCC(CC(=O)N1CCCCC1)C(=O)c1cccnc1)c1ccc(F)cc1. The number of hydrogen-bond acceptors (Lipinski definition) is 5. The van der Waals surface area contributed by atoms with Crippen LogP contribution in [0.2, 0.25) is 0 Å². The number of primary amides is 1. The third-order valence-corrected chi connectivity index (χ3v) is 7.01. The van der Waals surface area contributed by atoms with E-state index in [-0.39, 0.29) is 35.6 Å². The van der Waals surface area contributed by atoms with Crippen molar-refractivity contribution in [2.45, 2.75) is 37.4 Å².